The normalized spacial score (nSPS) is 10.3. The van der Waals surface area contributed by atoms with Gasteiger partial charge in [0.1, 0.15) is 5.75 Å². The maximum Gasteiger partial charge on any atom is 0.257 e. The van der Waals surface area contributed by atoms with Gasteiger partial charge in [-0.1, -0.05) is 12.1 Å². The molecule has 1 heterocycles. The summed E-state index contributed by atoms with van der Waals surface area (Å²) in [6, 6.07) is 9.37. The van der Waals surface area contributed by atoms with Crippen LogP contribution in [-0.2, 0) is 6.54 Å². The van der Waals surface area contributed by atoms with E-state index in [-0.39, 0.29) is 5.91 Å². The summed E-state index contributed by atoms with van der Waals surface area (Å²) < 4.78 is 5.23. The van der Waals surface area contributed by atoms with Crippen molar-refractivity contribution in [3.05, 3.63) is 51.7 Å². The standard InChI is InChI=1S/C15H17NO2S/c1-11-8-9-19-14(11)10-16(2)15(17)12-6-4-5-7-13(12)18-3/h4-9H,10H2,1-3H3. The van der Waals surface area contributed by atoms with Gasteiger partial charge in [0.05, 0.1) is 19.2 Å². The van der Waals surface area contributed by atoms with Gasteiger partial charge in [-0.2, -0.15) is 0 Å². The first kappa shape index (κ1) is 13.6. The molecule has 0 N–H and O–H groups in total. The van der Waals surface area contributed by atoms with Gasteiger partial charge in [0, 0.05) is 11.9 Å². The Morgan fingerprint density at radius 2 is 2.05 bits per heavy atom. The smallest absolute Gasteiger partial charge is 0.257 e. The van der Waals surface area contributed by atoms with Gasteiger partial charge in [0.2, 0.25) is 0 Å². The number of aryl methyl sites for hydroxylation is 1. The number of hydrogen-bond donors (Lipinski definition) is 0. The molecule has 100 valence electrons. The fraction of sp³-hybridized carbons (Fsp3) is 0.267. The molecule has 4 heteroatoms. The second kappa shape index (κ2) is 5.89. The van der Waals surface area contributed by atoms with Crippen LogP contribution in [0.3, 0.4) is 0 Å². The Hall–Kier alpha value is -1.81. The zero-order valence-electron chi connectivity index (χ0n) is 11.3. The van der Waals surface area contributed by atoms with Gasteiger partial charge in [-0.15, -0.1) is 11.3 Å². The summed E-state index contributed by atoms with van der Waals surface area (Å²) in [7, 11) is 3.39. The van der Waals surface area contributed by atoms with E-state index in [1.165, 1.54) is 10.4 Å². The van der Waals surface area contributed by atoms with E-state index in [1.807, 2.05) is 24.6 Å². The van der Waals surface area contributed by atoms with Crippen molar-refractivity contribution in [3.63, 3.8) is 0 Å². The van der Waals surface area contributed by atoms with Crippen LogP contribution in [0.25, 0.3) is 0 Å². The fourth-order valence-corrected chi connectivity index (χ4v) is 2.84. The van der Waals surface area contributed by atoms with Crippen molar-refractivity contribution >= 4 is 17.2 Å². The summed E-state index contributed by atoms with van der Waals surface area (Å²) >= 11 is 1.68. The monoisotopic (exact) mass is 275 g/mol. The number of benzene rings is 1. The van der Waals surface area contributed by atoms with E-state index in [1.54, 1.807) is 35.5 Å². The maximum absolute atomic E-state index is 12.4. The molecule has 0 fully saturated rings. The lowest BCUT2D eigenvalue weighted by molar-refractivity contribution is 0.0783. The third kappa shape index (κ3) is 2.96. The molecule has 0 aliphatic heterocycles. The minimum absolute atomic E-state index is 0.0229. The number of para-hydroxylation sites is 1. The zero-order chi connectivity index (χ0) is 13.8. The number of rotatable bonds is 4. The van der Waals surface area contributed by atoms with Crippen LogP contribution in [0.1, 0.15) is 20.8 Å². The first-order valence-electron chi connectivity index (χ1n) is 6.05. The zero-order valence-corrected chi connectivity index (χ0v) is 12.2. The Morgan fingerprint density at radius 1 is 1.32 bits per heavy atom. The molecule has 0 bridgehead atoms. The number of ether oxygens (including phenoxy) is 1. The molecule has 2 aromatic rings. The SMILES string of the molecule is COc1ccccc1C(=O)N(C)Cc1sccc1C. The molecule has 1 aromatic carbocycles. The van der Waals surface area contributed by atoms with Crippen LogP contribution >= 0.6 is 11.3 Å². The van der Waals surface area contributed by atoms with Crippen molar-refractivity contribution in [3.8, 4) is 5.75 Å². The number of carbonyl (C=O) groups is 1. The topological polar surface area (TPSA) is 29.5 Å². The van der Waals surface area contributed by atoms with E-state index >= 15 is 0 Å². The molecule has 1 amide bonds. The Balaban J connectivity index is 2.17. The van der Waals surface area contributed by atoms with E-state index in [0.29, 0.717) is 17.9 Å². The van der Waals surface area contributed by atoms with Crippen LogP contribution in [0.5, 0.6) is 5.75 Å². The first-order chi connectivity index (χ1) is 9.13. The second-order valence-corrected chi connectivity index (χ2v) is 5.39. The van der Waals surface area contributed by atoms with Gasteiger partial charge in [-0.25, -0.2) is 0 Å². The van der Waals surface area contributed by atoms with E-state index in [0.717, 1.165) is 0 Å². The molecule has 0 aliphatic rings. The molecule has 19 heavy (non-hydrogen) atoms. The minimum atomic E-state index is -0.0229. The minimum Gasteiger partial charge on any atom is -0.496 e. The number of methoxy groups -OCH3 is 1. The summed E-state index contributed by atoms with van der Waals surface area (Å²) in [6.45, 7) is 2.69. The van der Waals surface area contributed by atoms with Crippen LogP contribution in [0.15, 0.2) is 35.7 Å². The van der Waals surface area contributed by atoms with E-state index in [9.17, 15) is 4.79 Å². The Labute approximate surface area is 117 Å². The van der Waals surface area contributed by atoms with Crippen LogP contribution in [0.4, 0.5) is 0 Å². The van der Waals surface area contributed by atoms with E-state index in [4.69, 9.17) is 4.74 Å². The predicted octanol–water partition coefficient (Wildman–Crippen LogP) is 3.34. The van der Waals surface area contributed by atoms with Gasteiger partial charge < -0.3 is 9.64 Å². The lowest BCUT2D eigenvalue weighted by Crippen LogP contribution is -2.26. The number of thiophene rings is 1. The summed E-state index contributed by atoms with van der Waals surface area (Å²) in [5.74, 6) is 0.590. The number of amides is 1. The maximum atomic E-state index is 12.4. The van der Waals surface area contributed by atoms with Crippen LogP contribution in [-0.4, -0.2) is 25.0 Å². The number of carbonyl (C=O) groups excluding carboxylic acids is 1. The van der Waals surface area contributed by atoms with Crippen molar-refractivity contribution in [2.24, 2.45) is 0 Å². The molecule has 0 radical (unpaired) electrons. The molecule has 1 aromatic heterocycles. The highest BCUT2D eigenvalue weighted by Crippen LogP contribution is 2.22. The van der Waals surface area contributed by atoms with Crippen molar-refractivity contribution in [1.29, 1.82) is 0 Å². The molecule has 0 saturated carbocycles. The van der Waals surface area contributed by atoms with Gasteiger partial charge in [0.15, 0.2) is 0 Å². The average Bonchev–Trinajstić information content (AvgIpc) is 2.83. The second-order valence-electron chi connectivity index (χ2n) is 4.39. The highest BCUT2D eigenvalue weighted by Gasteiger charge is 2.17. The highest BCUT2D eigenvalue weighted by molar-refractivity contribution is 7.10. The fourth-order valence-electron chi connectivity index (χ4n) is 1.88. The Bertz CT molecular complexity index is 577. The third-order valence-corrected chi connectivity index (χ3v) is 4.04. The molecule has 0 saturated heterocycles. The van der Waals surface area contributed by atoms with Gasteiger partial charge in [0.25, 0.3) is 5.91 Å². The van der Waals surface area contributed by atoms with E-state index in [2.05, 4.69) is 13.0 Å². The molecule has 0 atom stereocenters. The van der Waals surface area contributed by atoms with Crippen molar-refractivity contribution in [1.82, 2.24) is 4.90 Å². The molecular weight excluding hydrogens is 258 g/mol. The van der Waals surface area contributed by atoms with Crippen LogP contribution in [0, 0.1) is 6.92 Å². The lowest BCUT2D eigenvalue weighted by atomic mass is 10.1. The van der Waals surface area contributed by atoms with Crippen LogP contribution in [0.2, 0.25) is 0 Å². The molecular formula is C15H17NO2S. The van der Waals surface area contributed by atoms with E-state index < -0.39 is 0 Å². The Morgan fingerprint density at radius 3 is 2.68 bits per heavy atom. The van der Waals surface area contributed by atoms with Gasteiger partial charge >= 0.3 is 0 Å². The predicted molar refractivity (Wildman–Crippen MR) is 77.8 cm³/mol. The molecule has 3 nitrogen and oxygen atoms in total. The molecule has 2 rings (SSSR count). The van der Waals surface area contributed by atoms with Crippen molar-refractivity contribution < 1.29 is 9.53 Å². The number of hydrogen-bond acceptors (Lipinski definition) is 3. The third-order valence-electron chi connectivity index (χ3n) is 3.03. The average molecular weight is 275 g/mol. The molecule has 0 aliphatic carbocycles. The molecule has 0 spiro atoms. The first-order valence-corrected chi connectivity index (χ1v) is 6.93. The number of nitrogens with zero attached hydrogens (tertiary/aromatic N) is 1. The molecule has 0 unspecified atom stereocenters. The largest absolute Gasteiger partial charge is 0.496 e. The summed E-state index contributed by atoms with van der Waals surface area (Å²) in [6.07, 6.45) is 0. The quantitative estimate of drug-likeness (QED) is 0.856. The Kier molecular flexibility index (Phi) is 4.22. The van der Waals surface area contributed by atoms with Gasteiger partial charge in [-0.05, 0) is 36.1 Å². The summed E-state index contributed by atoms with van der Waals surface area (Å²) in [5, 5.41) is 2.05. The summed E-state index contributed by atoms with van der Waals surface area (Å²) in [4.78, 5) is 15.3. The highest BCUT2D eigenvalue weighted by atomic mass is 32.1. The van der Waals surface area contributed by atoms with Crippen molar-refractivity contribution in [2.45, 2.75) is 13.5 Å². The van der Waals surface area contributed by atoms with Crippen molar-refractivity contribution in [2.75, 3.05) is 14.2 Å². The van der Waals surface area contributed by atoms with Gasteiger partial charge in [-0.3, -0.25) is 4.79 Å². The summed E-state index contributed by atoms with van der Waals surface area (Å²) in [5.41, 5.74) is 1.83. The lowest BCUT2D eigenvalue weighted by Gasteiger charge is -2.18. The van der Waals surface area contributed by atoms with Crippen LogP contribution < -0.4 is 4.74 Å².